The Morgan fingerprint density at radius 1 is 1.06 bits per heavy atom. The Balaban J connectivity index is 1.51. The van der Waals surface area contributed by atoms with Crippen LogP contribution in [-0.4, -0.2) is 146 Å². The van der Waals surface area contributed by atoms with Gasteiger partial charge in [0.2, 0.25) is 16.9 Å². The molecule has 0 radical (unpaired) electrons. The molecular formula is C24H40N7O19P3S. The zero-order chi connectivity index (χ0) is 40.6. The fraction of sp³-hybridized carbons (Fsp3) is 0.667. The van der Waals surface area contributed by atoms with Crippen molar-refractivity contribution < 1.29 is 90.7 Å². The van der Waals surface area contributed by atoms with Gasteiger partial charge in [-0.25, -0.2) is 28.6 Å². The quantitative estimate of drug-likeness (QED) is 0.0441. The van der Waals surface area contributed by atoms with Crippen LogP contribution in [0, 0.1) is 5.41 Å². The van der Waals surface area contributed by atoms with Crippen LogP contribution in [0.25, 0.3) is 11.2 Å². The first-order valence-corrected chi connectivity index (χ1v) is 20.8. The molecule has 306 valence electrons. The van der Waals surface area contributed by atoms with Crippen LogP contribution >= 0.6 is 35.2 Å². The summed E-state index contributed by atoms with van der Waals surface area (Å²) in [5.41, 5.74) is 4.20. The molecule has 0 spiro atoms. The average molecular weight is 856 g/mol. The molecule has 0 saturated carbocycles. The van der Waals surface area contributed by atoms with E-state index in [9.17, 15) is 63.0 Å². The fourth-order valence-corrected chi connectivity index (χ4v) is 7.95. The van der Waals surface area contributed by atoms with E-state index in [1.54, 1.807) is 0 Å². The van der Waals surface area contributed by atoms with Crippen molar-refractivity contribution in [2.45, 2.75) is 57.0 Å². The van der Waals surface area contributed by atoms with Crippen LogP contribution in [-0.2, 0) is 50.7 Å². The van der Waals surface area contributed by atoms with Crippen LogP contribution in [0.5, 0.6) is 0 Å². The number of carbonyl (C=O) groups excluding carboxylic acids is 3. The number of nitrogens with zero attached hydrogens (tertiary/aromatic N) is 4. The number of amides is 2. The zero-order valence-corrected chi connectivity index (χ0v) is 31.8. The van der Waals surface area contributed by atoms with Crippen molar-refractivity contribution in [3.8, 4) is 0 Å². The van der Waals surface area contributed by atoms with Crippen LogP contribution in [0.1, 0.15) is 26.5 Å². The number of rotatable bonds is 21. The second-order valence-electron chi connectivity index (χ2n) is 11.9. The maximum absolute atomic E-state index is 12.6. The summed E-state index contributed by atoms with van der Waals surface area (Å²) in [7, 11) is -16.4. The van der Waals surface area contributed by atoms with Gasteiger partial charge in [0.15, 0.2) is 17.7 Å². The molecule has 0 aromatic carbocycles. The highest BCUT2D eigenvalue weighted by Gasteiger charge is 2.50. The highest BCUT2D eigenvalue weighted by atomic mass is 32.2. The lowest BCUT2D eigenvalue weighted by Gasteiger charge is -2.30. The summed E-state index contributed by atoms with van der Waals surface area (Å²) in [6, 6.07) is 0. The first kappa shape index (κ1) is 45.9. The maximum atomic E-state index is 12.6. The number of nitrogens with two attached hydrogens (primary N) is 1. The van der Waals surface area contributed by atoms with Crippen LogP contribution in [0.15, 0.2) is 12.7 Å². The van der Waals surface area contributed by atoms with Crippen LogP contribution in [0.3, 0.4) is 0 Å². The average Bonchev–Trinajstić information content (AvgIpc) is 3.64. The van der Waals surface area contributed by atoms with Gasteiger partial charge in [-0.2, -0.15) is 4.31 Å². The van der Waals surface area contributed by atoms with E-state index in [2.05, 4.69) is 34.4 Å². The Morgan fingerprint density at radius 2 is 1.72 bits per heavy atom. The predicted octanol–water partition coefficient (Wildman–Crippen LogP) is -2.98. The number of fused-ring (bicyclic) bond motifs is 1. The molecule has 1 saturated heterocycles. The summed E-state index contributed by atoms with van der Waals surface area (Å²) in [5, 5.41) is 43.3. The highest BCUT2D eigenvalue weighted by Crippen LogP contribution is 2.61. The number of aromatic nitrogens is 4. The minimum atomic E-state index is -5.58. The molecule has 54 heavy (non-hydrogen) atoms. The van der Waals surface area contributed by atoms with E-state index in [1.807, 2.05) is 0 Å². The summed E-state index contributed by atoms with van der Waals surface area (Å²) >= 11 is 0.693. The lowest BCUT2D eigenvalue weighted by molar-refractivity contribution is -0.137. The number of nitrogen functional groups attached to an aromatic ring is 1. The summed E-state index contributed by atoms with van der Waals surface area (Å²) < 4.78 is 61.8. The lowest BCUT2D eigenvalue weighted by atomic mass is 9.87. The molecule has 2 amide bonds. The number of phosphoric acid groups is 3. The van der Waals surface area contributed by atoms with Gasteiger partial charge in [-0.3, -0.25) is 32.5 Å². The number of phosphoric ester groups is 3. The van der Waals surface area contributed by atoms with E-state index in [0.29, 0.717) is 11.8 Å². The second kappa shape index (κ2) is 19.1. The Hall–Kier alpha value is -2.52. The van der Waals surface area contributed by atoms with Crippen LogP contribution < -0.4 is 16.4 Å². The lowest BCUT2D eigenvalue weighted by Crippen LogP contribution is -2.46. The number of anilines is 1. The number of nitrogens with one attached hydrogen (secondary N) is 2. The fourth-order valence-electron chi connectivity index (χ4n) is 4.45. The number of hydrogen-bond acceptors (Lipinski definition) is 20. The number of aliphatic hydroxyl groups is 4. The standard InChI is InChI=1S/C24H40N7O19P3S/c1-24(2,18(36)21(37)27-4-3-14(34)26-5-6-54-23(38)12(33)7-32)9-47-53(44,45)50-52(42,43)46-8-13-17(49-51(39,40)41)16(35)22(48-13)31-11-30-15-19(25)28-10-29-20(15)31/h10-13,16-18,22,32-33,35-36H,3-9H2,1-2H3,(H,26,34)(H,27,37)(H,42,43)(H,44,45)(H2,25,28,29)(H2,39,40,41)/t12-,13-,16-,17-,18+,22-/m1/s1. The second-order valence-corrected chi connectivity index (χ2v) is 17.3. The van der Waals surface area contributed by atoms with Gasteiger partial charge in [0, 0.05) is 30.7 Å². The summed E-state index contributed by atoms with van der Waals surface area (Å²) in [4.78, 5) is 86.6. The number of imidazole rings is 1. The number of ether oxygens (including phenoxy) is 1. The van der Waals surface area contributed by atoms with Gasteiger partial charge in [0.1, 0.15) is 42.4 Å². The van der Waals surface area contributed by atoms with Crippen LogP contribution in [0.4, 0.5) is 5.82 Å². The van der Waals surface area contributed by atoms with Crippen molar-refractivity contribution in [3.05, 3.63) is 12.7 Å². The SMILES string of the molecule is CC(C)(COP(=O)(O)OP(=O)(O)OC[C@H]1O[C@@H](n2cnc3c(N)ncnc32)[C@H](O)[C@@H]1OP(=O)(O)O)[C@@H](O)C(=O)NCCC(=O)NCCSC(=O)[C@H](O)CO. The number of aliphatic hydroxyl groups excluding tert-OH is 4. The van der Waals surface area contributed by atoms with Crippen molar-refractivity contribution in [1.82, 2.24) is 30.2 Å². The molecule has 1 aliphatic heterocycles. The van der Waals surface area contributed by atoms with E-state index in [0.717, 1.165) is 17.2 Å². The number of carbonyl (C=O) groups is 3. The molecule has 1 aliphatic rings. The molecule has 26 nitrogen and oxygen atoms in total. The molecule has 1 fully saturated rings. The largest absolute Gasteiger partial charge is 0.481 e. The Labute approximate surface area is 309 Å². The smallest absolute Gasteiger partial charge is 0.393 e. The minimum Gasteiger partial charge on any atom is -0.393 e. The zero-order valence-electron chi connectivity index (χ0n) is 28.3. The van der Waals surface area contributed by atoms with E-state index in [1.165, 1.54) is 13.8 Å². The summed E-state index contributed by atoms with van der Waals surface area (Å²) in [6.07, 6.45) is -8.64. The van der Waals surface area contributed by atoms with Crippen molar-refractivity contribution in [2.24, 2.45) is 5.41 Å². The molecule has 30 heteroatoms. The summed E-state index contributed by atoms with van der Waals surface area (Å²) in [5.74, 6) is -1.51. The van der Waals surface area contributed by atoms with Crippen molar-refractivity contribution in [1.29, 1.82) is 0 Å². The Bertz CT molecular complexity index is 1780. The minimum absolute atomic E-state index is 0.0199. The third kappa shape index (κ3) is 13.3. The van der Waals surface area contributed by atoms with Crippen LogP contribution in [0.2, 0.25) is 0 Å². The molecule has 12 N–H and O–H groups in total. The van der Waals surface area contributed by atoms with Gasteiger partial charge in [0.25, 0.3) is 0 Å². The molecule has 2 aromatic rings. The molecule has 3 heterocycles. The topological polar surface area (TPSA) is 404 Å². The van der Waals surface area contributed by atoms with E-state index >= 15 is 0 Å². The van der Waals surface area contributed by atoms with E-state index in [4.69, 9.17) is 24.6 Å². The first-order valence-electron chi connectivity index (χ1n) is 15.3. The number of hydrogen-bond donors (Lipinski definition) is 11. The Morgan fingerprint density at radius 3 is 2.37 bits per heavy atom. The first-order chi connectivity index (χ1) is 25.0. The van der Waals surface area contributed by atoms with E-state index in [-0.39, 0.29) is 42.2 Å². The normalized spacial score (nSPS) is 22.6. The third-order valence-corrected chi connectivity index (χ3v) is 11.3. The molecule has 8 atom stereocenters. The van der Waals surface area contributed by atoms with Gasteiger partial charge >= 0.3 is 23.5 Å². The van der Waals surface area contributed by atoms with Gasteiger partial charge in [-0.15, -0.1) is 0 Å². The van der Waals surface area contributed by atoms with Crippen molar-refractivity contribution in [2.75, 3.05) is 44.4 Å². The van der Waals surface area contributed by atoms with E-state index < -0.39 is 102 Å². The molecule has 0 aliphatic carbocycles. The van der Waals surface area contributed by atoms with Gasteiger partial charge in [-0.1, -0.05) is 25.6 Å². The maximum Gasteiger partial charge on any atom is 0.481 e. The summed E-state index contributed by atoms with van der Waals surface area (Å²) in [6.45, 7) is -0.594. The molecular weight excluding hydrogens is 815 g/mol. The third-order valence-electron chi connectivity index (χ3n) is 7.19. The number of thioether (sulfide) groups is 1. The van der Waals surface area contributed by atoms with Crippen molar-refractivity contribution in [3.63, 3.8) is 0 Å². The monoisotopic (exact) mass is 855 g/mol. The molecule has 0 bridgehead atoms. The Kier molecular flexibility index (Phi) is 16.2. The van der Waals surface area contributed by atoms with Gasteiger partial charge in [0.05, 0.1) is 26.1 Å². The van der Waals surface area contributed by atoms with Gasteiger partial charge < -0.3 is 61.1 Å². The molecule has 2 aromatic heterocycles. The van der Waals surface area contributed by atoms with Gasteiger partial charge in [-0.05, 0) is 0 Å². The molecule has 2 unspecified atom stereocenters. The molecule has 3 rings (SSSR count). The predicted molar refractivity (Wildman–Crippen MR) is 180 cm³/mol. The van der Waals surface area contributed by atoms with Crippen molar-refractivity contribution >= 4 is 69.1 Å². The highest BCUT2D eigenvalue weighted by molar-refractivity contribution is 8.13.